The molecule has 1 atom stereocenters. The van der Waals surface area contributed by atoms with Crippen LogP contribution >= 0.6 is 11.6 Å². The molecule has 2 aliphatic rings. The highest BCUT2D eigenvalue weighted by Crippen LogP contribution is 2.46. The lowest BCUT2D eigenvalue weighted by molar-refractivity contribution is 0.105. The number of hydrogen-bond acceptors (Lipinski definition) is 2. The Kier molecular flexibility index (Phi) is 4.31. The second-order valence-corrected chi connectivity index (χ2v) is 7.96. The van der Waals surface area contributed by atoms with E-state index in [0.717, 1.165) is 43.7 Å². The molecular weight excluding hydrogens is 282 g/mol. The van der Waals surface area contributed by atoms with Crippen molar-refractivity contribution in [2.45, 2.75) is 58.1 Å². The van der Waals surface area contributed by atoms with Crippen LogP contribution in [-0.4, -0.2) is 17.8 Å². The molecule has 1 unspecified atom stereocenters. The highest BCUT2D eigenvalue weighted by atomic mass is 35.5. The Morgan fingerprint density at radius 3 is 2.67 bits per heavy atom. The minimum atomic E-state index is -0.0660. The van der Waals surface area contributed by atoms with Crippen LogP contribution in [0.2, 0.25) is 5.02 Å². The van der Waals surface area contributed by atoms with E-state index in [0.29, 0.717) is 12.0 Å². The van der Waals surface area contributed by atoms with Crippen molar-refractivity contribution < 1.29 is 5.11 Å². The SMILES string of the molecule is CC1(C)Cc2ccc(Cl)cc2C1NCC1CCC(O)CC1. The smallest absolute Gasteiger partial charge is 0.0540 e. The quantitative estimate of drug-likeness (QED) is 0.881. The fourth-order valence-corrected chi connectivity index (χ4v) is 4.21. The maximum Gasteiger partial charge on any atom is 0.0540 e. The van der Waals surface area contributed by atoms with Crippen LogP contribution in [-0.2, 0) is 6.42 Å². The average molecular weight is 308 g/mol. The molecule has 2 N–H and O–H groups in total. The molecule has 3 rings (SSSR count). The molecule has 2 aliphatic carbocycles. The third-order valence-electron chi connectivity index (χ3n) is 5.27. The van der Waals surface area contributed by atoms with Crippen LogP contribution in [0.5, 0.6) is 0 Å². The summed E-state index contributed by atoms with van der Waals surface area (Å²) in [6.45, 7) is 5.72. The second kappa shape index (κ2) is 5.91. The van der Waals surface area contributed by atoms with Crippen molar-refractivity contribution in [1.82, 2.24) is 5.32 Å². The van der Waals surface area contributed by atoms with Gasteiger partial charge in [0.2, 0.25) is 0 Å². The Labute approximate surface area is 132 Å². The van der Waals surface area contributed by atoms with Crippen molar-refractivity contribution in [3.63, 3.8) is 0 Å². The molecule has 116 valence electrons. The third-order valence-corrected chi connectivity index (χ3v) is 5.51. The molecule has 0 heterocycles. The van der Waals surface area contributed by atoms with Gasteiger partial charge in [-0.05, 0) is 73.2 Å². The van der Waals surface area contributed by atoms with Gasteiger partial charge in [0.25, 0.3) is 0 Å². The fourth-order valence-electron chi connectivity index (χ4n) is 4.03. The van der Waals surface area contributed by atoms with Crippen molar-refractivity contribution in [2.24, 2.45) is 11.3 Å². The summed E-state index contributed by atoms with van der Waals surface area (Å²) in [5.74, 6) is 0.701. The number of nitrogens with one attached hydrogen (secondary N) is 1. The normalized spacial score (nSPS) is 31.1. The highest BCUT2D eigenvalue weighted by molar-refractivity contribution is 6.30. The monoisotopic (exact) mass is 307 g/mol. The Morgan fingerprint density at radius 2 is 1.95 bits per heavy atom. The summed E-state index contributed by atoms with van der Waals surface area (Å²) < 4.78 is 0. The van der Waals surface area contributed by atoms with Crippen LogP contribution in [0, 0.1) is 11.3 Å². The molecule has 1 aromatic rings. The predicted molar refractivity (Wildman–Crippen MR) is 87.6 cm³/mol. The van der Waals surface area contributed by atoms with Gasteiger partial charge < -0.3 is 10.4 Å². The largest absolute Gasteiger partial charge is 0.393 e. The standard InChI is InChI=1S/C18H26ClNO/c1-18(2)10-13-5-6-14(19)9-16(13)17(18)20-11-12-3-7-15(21)8-4-12/h5-6,9,12,15,17,20-21H,3-4,7-8,10-11H2,1-2H3. The van der Waals surface area contributed by atoms with E-state index >= 15 is 0 Å². The van der Waals surface area contributed by atoms with Gasteiger partial charge in [-0.1, -0.05) is 31.5 Å². The van der Waals surface area contributed by atoms with Gasteiger partial charge in [-0.25, -0.2) is 0 Å². The highest BCUT2D eigenvalue weighted by Gasteiger charge is 2.39. The van der Waals surface area contributed by atoms with Gasteiger partial charge in [-0.2, -0.15) is 0 Å². The third kappa shape index (κ3) is 3.28. The number of fused-ring (bicyclic) bond motifs is 1. The van der Waals surface area contributed by atoms with Crippen LogP contribution in [0.15, 0.2) is 18.2 Å². The molecule has 0 aliphatic heterocycles. The van der Waals surface area contributed by atoms with Crippen LogP contribution in [0.4, 0.5) is 0 Å². The molecule has 2 nitrogen and oxygen atoms in total. The van der Waals surface area contributed by atoms with E-state index in [1.807, 2.05) is 6.07 Å². The summed E-state index contributed by atoms with van der Waals surface area (Å²) in [4.78, 5) is 0. The van der Waals surface area contributed by atoms with Gasteiger partial charge in [0.15, 0.2) is 0 Å². The lowest BCUT2D eigenvalue weighted by atomic mass is 9.83. The molecule has 1 saturated carbocycles. The zero-order valence-corrected chi connectivity index (χ0v) is 13.8. The van der Waals surface area contributed by atoms with E-state index in [9.17, 15) is 5.11 Å². The van der Waals surface area contributed by atoms with Gasteiger partial charge >= 0.3 is 0 Å². The molecule has 0 spiro atoms. The number of hydrogen-bond donors (Lipinski definition) is 2. The Balaban J connectivity index is 1.68. The van der Waals surface area contributed by atoms with Crippen molar-refractivity contribution >= 4 is 11.6 Å². The van der Waals surface area contributed by atoms with E-state index in [2.05, 4.69) is 31.3 Å². The summed E-state index contributed by atoms with van der Waals surface area (Å²) >= 11 is 6.19. The molecule has 0 radical (unpaired) electrons. The first-order valence-electron chi connectivity index (χ1n) is 8.15. The predicted octanol–water partition coefficient (Wildman–Crippen LogP) is 4.10. The first-order chi connectivity index (χ1) is 9.95. The maximum absolute atomic E-state index is 9.62. The van der Waals surface area contributed by atoms with Crippen LogP contribution < -0.4 is 5.32 Å². The average Bonchev–Trinajstić information content (AvgIpc) is 2.68. The summed E-state index contributed by atoms with van der Waals surface area (Å²) in [6, 6.07) is 6.70. The molecule has 21 heavy (non-hydrogen) atoms. The lowest BCUT2D eigenvalue weighted by Crippen LogP contribution is -2.35. The van der Waals surface area contributed by atoms with Crippen LogP contribution in [0.25, 0.3) is 0 Å². The van der Waals surface area contributed by atoms with E-state index in [1.54, 1.807) is 0 Å². The maximum atomic E-state index is 9.62. The number of aliphatic hydroxyl groups excluding tert-OH is 1. The van der Waals surface area contributed by atoms with Crippen molar-refractivity contribution in [1.29, 1.82) is 0 Å². The molecule has 1 fully saturated rings. The van der Waals surface area contributed by atoms with E-state index in [1.165, 1.54) is 11.1 Å². The van der Waals surface area contributed by atoms with Crippen molar-refractivity contribution in [2.75, 3.05) is 6.54 Å². The lowest BCUT2D eigenvalue weighted by Gasteiger charge is -2.32. The Hall–Kier alpha value is -0.570. The summed E-state index contributed by atoms with van der Waals surface area (Å²) in [6.07, 6.45) is 5.25. The molecule has 0 bridgehead atoms. The number of aliphatic hydroxyl groups is 1. The zero-order chi connectivity index (χ0) is 15.0. The fraction of sp³-hybridized carbons (Fsp3) is 0.667. The number of halogens is 1. The Morgan fingerprint density at radius 1 is 1.24 bits per heavy atom. The van der Waals surface area contributed by atoms with Crippen molar-refractivity contribution in [3.05, 3.63) is 34.3 Å². The minimum absolute atomic E-state index is 0.0660. The molecule has 0 saturated heterocycles. The van der Waals surface area contributed by atoms with E-state index in [-0.39, 0.29) is 11.5 Å². The van der Waals surface area contributed by atoms with Crippen LogP contribution in [0.3, 0.4) is 0 Å². The van der Waals surface area contributed by atoms with Gasteiger partial charge in [0.05, 0.1) is 6.10 Å². The van der Waals surface area contributed by atoms with Gasteiger partial charge in [0.1, 0.15) is 0 Å². The molecule has 0 aromatic heterocycles. The van der Waals surface area contributed by atoms with E-state index < -0.39 is 0 Å². The number of benzene rings is 1. The van der Waals surface area contributed by atoms with Crippen LogP contribution in [0.1, 0.15) is 56.7 Å². The molecule has 0 amide bonds. The van der Waals surface area contributed by atoms with Gasteiger partial charge in [0, 0.05) is 11.1 Å². The van der Waals surface area contributed by atoms with E-state index in [4.69, 9.17) is 11.6 Å². The molecule has 3 heteroatoms. The summed E-state index contributed by atoms with van der Waals surface area (Å²) in [5.41, 5.74) is 3.05. The van der Waals surface area contributed by atoms with Gasteiger partial charge in [-0.15, -0.1) is 0 Å². The molecule has 1 aromatic carbocycles. The summed E-state index contributed by atoms with van der Waals surface area (Å²) in [5, 5.41) is 14.2. The summed E-state index contributed by atoms with van der Waals surface area (Å²) in [7, 11) is 0. The minimum Gasteiger partial charge on any atom is -0.393 e. The van der Waals surface area contributed by atoms with Gasteiger partial charge in [-0.3, -0.25) is 0 Å². The second-order valence-electron chi connectivity index (χ2n) is 7.52. The topological polar surface area (TPSA) is 32.3 Å². The number of rotatable bonds is 3. The Bertz CT molecular complexity index is 506. The first kappa shape index (κ1) is 15.3. The molecular formula is C18H26ClNO. The van der Waals surface area contributed by atoms with Crippen molar-refractivity contribution in [3.8, 4) is 0 Å². The zero-order valence-electron chi connectivity index (χ0n) is 13.0. The first-order valence-corrected chi connectivity index (χ1v) is 8.53.